The molecular weight excluding hydrogens is 264 g/mol. The lowest BCUT2D eigenvalue weighted by atomic mass is 9.76. The molecule has 1 aliphatic rings. The molecule has 0 aromatic carbocycles. The standard InChI is InChI=1S/C13H22N2O5/c1-4-13(11(17)18)5-7-15(8-6-13)12(19)14-9(2)10(16)20-3/h9H,4-8H2,1-3H3,(H,14,19)(H,17,18). The number of carboxylic acid groups (broad SMARTS) is 1. The van der Waals surface area contributed by atoms with E-state index in [0.29, 0.717) is 32.4 Å². The van der Waals surface area contributed by atoms with Crippen molar-refractivity contribution in [3.8, 4) is 0 Å². The molecule has 0 spiro atoms. The number of hydrogen-bond acceptors (Lipinski definition) is 4. The van der Waals surface area contributed by atoms with Crippen molar-refractivity contribution in [2.24, 2.45) is 5.41 Å². The van der Waals surface area contributed by atoms with Crippen molar-refractivity contribution in [3.63, 3.8) is 0 Å². The van der Waals surface area contributed by atoms with Gasteiger partial charge in [-0.15, -0.1) is 0 Å². The fourth-order valence-corrected chi connectivity index (χ4v) is 2.37. The molecule has 1 aliphatic heterocycles. The molecule has 1 heterocycles. The second kappa shape index (κ2) is 6.58. The van der Waals surface area contributed by atoms with Crippen molar-refractivity contribution >= 4 is 18.0 Å². The van der Waals surface area contributed by atoms with Crippen molar-refractivity contribution in [1.82, 2.24) is 10.2 Å². The van der Waals surface area contributed by atoms with Crippen LogP contribution in [-0.4, -0.2) is 54.2 Å². The topological polar surface area (TPSA) is 95.9 Å². The van der Waals surface area contributed by atoms with E-state index in [-0.39, 0.29) is 6.03 Å². The Bertz CT molecular complexity index is 388. The number of hydrogen-bond donors (Lipinski definition) is 2. The normalized spacial score (nSPS) is 19.1. The van der Waals surface area contributed by atoms with Gasteiger partial charge in [0.15, 0.2) is 0 Å². The molecule has 20 heavy (non-hydrogen) atoms. The van der Waals surface area contributed by atoms with Crippen molar-refractivity contribution in [1.29, 1.82) is 0 Å². The van der Waals surface area contributed by atoms with Gasteiger partial charge in [-0.05, 0) is 26.2 Å². The summed E-state index contributed by atoms with van der Waals surface area (Å²) in [4.78, 5) is 36.0. The third-order valence-corrected chi connectivity index (χ3v) is 4.03. The Hall–Kier alpha value is -1.79. The molecule has 0 saturated carbocycles. The minimum absolute atomic E-state index is 0.363. The van der Waals surface area contributed by atoms with E-state index in [1.54, 1.807) is 6.92 Å². The minimum atomic E-state index is -0.803. The molecule has 0 aromatic rings. The lowest BCUT2D eigenvalue weighted by Crippen LogP contribution is -2.52. The van der Waals surface area contributed by atoms with Crippen LogP contribution in [0.15, 0.2) is 0 Å². The minimum Gasteiger partial charge on any atom is -0.481 e. The lowest BCUT2D eigenvalue weighted by Gasteiger charge is -2.38. The largest absolute Gasteiger partial charge is 0.481 e. The lowest BCUT2D eigenvalue weighted by molar-refractivity contribution is -0.151. The summed E-state index contributed by atoms with van der Waals surface area (Å²) in [6.45, 7) is 4.14. The first-order valence-corrected chi connectivity index (χ1v) is 6.73. The zero-order valence-corrected chi connectivity index (χ0v) is 12.1. The highest BCUT2D eigenvalue weighted by molar-refractivity contribution is 5.83. The van der Waals surface area contributed by atoms with Gasteiger partial charge in [-0.25, -0.2) is 9.59 Å². The van der Waals surface area contributed by atoms with Crippen molar-refractivity contribution in [2.45, 2.75) is 39.2 Å². The Labute approximate surface area is 118 Å². The van der Waals surface area contributed by atoms with Crippen LogP contribution < -0.4 is 5.32 Å². The van der Waals surface area contributed by atoms with Crippen LogP contribution in [0.1, 0.15) is 33.1 Å². The Morgan fingerprint density at radius 1 is 1.35 bits per heavy atom. The highest BCUT2D eigenvalue weighted by Crippen LogP contribution is 2.35. The van der Waals surface area contributed by atoms with Gasteiger partial charge in [0.25, 0.3) is 0 Å². The van der Waals surface area contributed by atoms with Crippen LogP contribution >= 0.6 is 0 Å². The molecule has 0 aliphatic carbocycles. The van der Waals surface area contributed by atoms with Crippen LogP contribution in [0.2, 0.25) is 0 Å². The van der Waals surface area contributed by atoms with Crippen LogP contribution in [0, 0.1) is 5.41 Å². The van der Waals surface area contributed by atoms with E-state index in [9.17, 15) is 19.5 Å². The maximum atomic E-state index is 12.0. The SMILES string of the molecule is CCC1(C(=O)O)CCN(C(=O)NC(C)C(=O)OC)CC1. The van der Waals surface area contributed by atoms with E-state index in [1.165, 1.54) is 12.0 Å². The van der Waals surface area contributed by atoms with E-state index in [0.717, 1.165) is 0 Å². The Balaban J connectivity index is 2.55. The number of esters is 1. The maximum absolute atomic E-state index is 12.0. The van der Waals surface area contributed by atoms with Gasteiger partial charge in [-0.1, -0.05) is 6.92 Å². The molecule has 2 amide bonds. The Morgan fingerprint density at radius 2 is 1.90 bits per heavy atom. The number of piperidine rings is 1. The quantitative estimate of drug-likeness (QED) is 0.746. The molecule has 1 unspecified atom stereocenters. The van der Waals surface area contributed by atoms with Gasteiger partial charge in [0.05, 0.1) is 12.5 Å². The molecule has 0 radical (unpaired) electrons. The Morgan fingerprint density at radius 3 is 2.30 bits per heavy atom. The van der Waals surface area contributed by atoms with E-state index >= 15 is 0 Å². The fourth-order valence-electron chi connectivity index (χ4n) is 2.37. The second-order valence-corrected chi connectivity index (χ2v) is 5.12. The molecule has 1 fully saturated rings. The van der Waals surface area contributed by atoms with Gasteiger partial charge in [0, 0.05) is 13.1 Å². The summed E-state index contributed by atoms with van der Waals surface area (Å²) >= 11 is 0. The maximum Gasteiger partial charge on any atom is 0.328 e. The number of rotatable bonds is 4. The van der Waals surface area contributed by atoms with Crippen LogP contribution in [0.3, 0.4) is 0 Å². The fraction of sp³-hybridized carbons (Fsp3) is 0.769. The first-order valence-electron chi connectivity index (χ1n) is 6.73. The highest BCUT2D eigenvalue weighted by Gasteiger charge is 2.41. The predicted molar refractivity (Wildman–Crippen MR) is 71.2 cm³/mol. The second-order valence-electron chi connectivity index (χ2n) is 5.12. The summed E-state index contributed by atoms with van der Waals surface area (Å²) in [5.41, 5.74) is -0.731. The molecule has 0 bridgehead atoms. The number of urea groups is 1. The van der Waals surface area contributed by atoms with Crippen LogP contribution in [0.25, 0.3) is 0 Å². The van der Waals surface area contributed by atoms with Crippen molar-refractivity contribution in [3.05, 3.63) is 0 Å². The number of nitrogens with one attached hydrogen (secondary N) is 1. The van der Waals surface area contributed by atoms with Gasteiger partial charge in [0.1, 0.15) is 6.04 Å². The Kier molecular flexibility index (Phi) is 5.35. The number of nitrogens with zero attached hydrogens (tertiary/aromatic N) is 1. The molecule has 1 saturated heterocycles. The van der Waals surface area contributed by atoms with Gasteiger partial charge in [0.2, 0.25) is 0 Å². The number of amides is 2. The zero-order valence-electron chi connectivity index (χ0n) is 12.1. The molecule has 7 heteroatoms. The predicted octanol–water partition coefficient (Wildman–Crippen LogP) is 0.834. The smallest absolute Gasteiger partial charge is 0.328 e. The molecule has 0 aromatic heterocycles. The van der Waals surface area contributed by atoms with Crippen molar-refractivity contribution < 1.29 is 24.2 Å². The first kappa shape index (κ1) is 16.3. The number of carboxylic acids is 1. The zero-order chi connectivity index (χ0) is 15.3. The van der Waals surface area contributed by atoms with Crippen molar-refractivity contribution in [2.75, 3.05) is 20.2 Å². The van der Waals surface area contributed by atoms with Crippen LogP contribution in [0.4, 0.5) is 4.79 Å². The first-order chi connectivity index (χ1) is 9.36. The van der Waals surface area contributed by atoms with Crippen LogP contribution in [0.5, 0.6) is 0 Å². The molecule has 7 nitrogen and oxygen atoms in total. The van der Waals surface area contributed by atoms with E-state index in [2.05, 4.69) is 10.1 Å². The molecular formula is C13H22N2O5. The number of aliphatic carboxylic acids is 1. The summed E-state index contributed by atoms with van der Waals surface area (Å²) < 4.78 is 4.53. The van der Waals surface area contributed by atoms with E-state index in [4.69, 9.17) is 0 Å². The summed E-state index contributed by atoms with van der Waals surface area (Å²) in [6.07, 6.45) is 1.41. The summed E-state index contributed by atoms with van der Waals surface area (Å²) in [5.74, 6) is -1.31. The average Bonchev–Trinajstić information content (AvgIpc) is 2.45. The van der Waals surface area contributed by atoms with Crippen LogP contribution in [-0.2, 0) is 14.3 Å². The number of carbonyl (C=O) groups is 3. The summed E-state index contributed by atoms with van der Waals surface area (Å²) in [5, 5.41) is 11.8. The third-order valence-electron chi connectivity index (χ3n) is 4.03. The summed E-state index contributed by atoms with van der Waals surface area (Å²) in [7, 11) is 1.26. The highest BCUT2D eigenvalue weighted by atomic mass is 16.5. The van der Waals surface area contributed by atoms with Gasteiger partial charge in [-0.2, -0.15) is 0 Å². The van der Waals surface area contributed by atoms with Gasteiger partial charge in [-0.3, -0.25) is 4.79 Å². The number of likely N-dealkylation sites (tertiary alicyclic amines) is 1. The number of ether oxygens (including phenoxy) is 1. The average molecular weight is 286 g/mol. The van der Waals surface area contributed by atoms with Gasteiger partial charge >= 0.3 is 18.0 Å². The molecule has 1 atom stereocenters. The molecule has 1 rings (SSSR count). The molecule has 114 valence electrons. The third kappa shape index (κ3) is 3.40. The summed E-state index contributed by atoms with van der Waals surface area (Å²) in [6, 6.07) is -1.08. The van der Waals surface area contributed by atoms with E-state index < -0.39 is 23.4 Å². The van der Waals surface area contributed by atoms with E-state index in [1.807, 2.05) is 6.92 Å². The molecule has 2 N–H and O–H groups in total. The number of carbonyl (C=O) groups excluding carboxylic acids is 2. The number of methoxy groups -OCH3 is 1. The monoisotopic (exact) mass is 286 g/mol. The van der Waals surface area contributed by atoms with Gasteiger partial charge < -0.3 is 20.1 Å².